The smallest absolute Gasteiger partial charge is 0.320 e. The fourth-order valence-electron chi connectivity index (χ4n) is 3.22. The summed E-state index contributed by atoms with van der Waals surface area (Å²) in [5.74, 6) is -0.398. The summed E-state index contributed by atoms with van der Waals surface area (Å²) in [7, 11) is 2.02. The number of hydrogen-bond donors (Lipinski definition) is 3. The lowest BCUT2D eigenvalue weighted by molar-refractivity contribution is -0.139. The van der Waals surface area contributed by atoms with Crippen LogP contribution in [0.2, 0.25) is 0 Å². The molecule has 4 atom stereocenters. The van der Waals surface area contributed by atoms with Crippen molar-refractivity contribution in [1.82, 2.24) is 15.5 Å². The number of aliphatic carboxylic acids is 1. The minimum atomic E-state index is -0.855. The van der Waals surface area contributed by atoms with Crippen molar-refractivity contribution in [2.75, 3.05) is 20.1 Å². The second kappa shape index (κ2) is 8.29. The maximum absolute atomic E-state index is 11.5. The van der Waals surface area contributed by atoms with E-state index in [-0.39, 0.29) is 23.9 Å². The van der Waals surface area contributed by atoms with Crippen molar-refractivity contribution in [2.45, 2.75) is 45.3 Å². The van der Waals surface area contributed by atoms with Crippen LogP contribution in [0.25, 0.3) is 0 Å². The predicted octanol–water partition coefficient (Wildman–Crippen LogP) is 0.696. The Kier molecular flexibility index (Phi) is 7.03. The van der Waals surface area contributed by atoms with Crippen molar-refractivity contribution < 1.29 is 14.7 Å². The lowest BCUT2D eigenvalue weighted by atomic mass is 9.93. The number of amides is 1. The first-order chi connectivity index (χ1) is 10.2. The maximum Gasteiger partial charge on any atom is 0.320 e. The van der Waals surface area contributed by atoms with Gasteiger partial charge in [-0.15, -0.1) is 6.58 Å². The molecule has 0 aromatic carbocycles. The minimum absolute atomic E-state index is 0.0328. The molecule has 1 amide bonds. The number of rotatable bonds is 8. The highest BCUT2D eigenvalue weighted by Crippen LogP contribution is 2.24. The summed E-state index contributed by atoms with van der Waals surface area (Å²) in [4.78, 5) is 24.9. The topological polar surface area (TPSA) is 81.7 Å². The summed E-state index contributed by atoms with van der Waals surface area (Å²) in [6.07, 6.45) is 2.30. The first-order valence-corrected chi connectivity index (χ1v) is 7.81. The molecule has 1 saturated heterocycles. The van der Waals surface area contributed by atoms with E-state index in [0.29, 0.717) is 18.9 Å². The van der Waals surface area contributed by atoms with Crippen LogP contribution >= 0.6 is 0 Å². The standard InChI is InChI=1S/C16H29N3O3/c1-6-12-7-13(16(21)22)18-15(12)14(17-11(4)20)9-19(5)8-10(2)3/h6,10,12-15,18H,1,7-9H2,2-5H3,(H,17,20)(H,21,22)/t12-,13-,14+,15?/m1/s1. The van der Waals surface area contributed by atoms with E-state index in [4.69, 9.17) is 0 Å². The Hall–Kier alpha value is -1.40. The van der Waals surface area contributed by atoms with E-state index in [9.17, 15) is 14.7 Å². The molecule has 1 aliphatic heterocycles. The SMILES string of the molecule is C=C[C@@H]1C[C@H](C(=O)O)NC1[C@H](CN(C)CC(C)C)NC(C)=O. The molecule has 0 spiro atoms. The molecule has 6 nitrogen and oxygen atoms in total. The van der Waals surface area contributed by atoms with Crippen LogP contribution in [0, 0.1) is 11.8 Å². The van der Waals surface area contributed by atoms with Crippen LogP contribution in [-0.2, 0) is 9.59 Å². The van der Waals surface area contributed by atoms with Gasteiger partial charge in [-0.05, 0) is 25.3 Å². The van der Waals surface area contributed by atoms with Crippen molar-refractivity contribution in [2.24, 2.45) is 11.8 Å². The third-order valence-corrected chi connectivity index (χ3v) is 3.97. The molecule has 0 aromatic heterocycles. The largest absolute Gasteiger partial charge is 0.480 e. The van der Waals surface area contributed by atoms with Crippen LogP contribution in [0.3, 0.4) is 0 Å². The quantitative estimate of drug-likeness (QED) is 0.575. The number of carbonyl (C=O) groups excluding carboxylic acids is 1. The third kappa shape index (κ3) is 5.42. The number of carbonyl (C=O) groups is 2. The summed E-state index contributed by atoms with van der Waals surface area (Å²) in [5.41, 5.74) is 0. The van der Waals surface area contributed by atoms with Gasteiger partial charge in [0.2, 0.25) is 5.91 Å². The van der Waals surface area contributed by atoms with Gasteiger partial charge in [-0.3, -0.25) is 14.9 Å². The summed E-state index contributed by atoms with van der Waals surface area (Å²) in [6.45, 7) is 11.2. The average Bonchev–Trinajstić information content (AvgIpc) is 2.80. The van der Waals surface area contributed by atoms with Crippen molar-refractivity contribution in [3.63, 3.8) is 0 Å². The van der Waals surface area contributed by atoms with E-state index < -0.39 is 12.0 Å². The zero-order chi connectivity index (χ0) is 16.9. The zero-order valence-electron chi connectivity index (χ0n) is 14.0. The fraction of sp³-hybridized carbons (Fsp3) is 0.750. The van der Waals surface area contributed by atoms with Gasteiger partial charge in [-0.25, -0.2) is 0 Å². The van der Waals surface area contributed by atoms with Gasteiger partial charge in [-0.1, -0.05) is 19.9 Å². The second-order valence-corrected chi connectivity index (χ2v) is 6.64. The van der Waals surface area contributed by atoms with Crippen molar-refractivity contribution in [3.05, 3.63) is 12.7 Å². The van der Waals surface area contributed by atoms with Gasteiger partial charge >= 0.3 is 5.97 Å². The van der Waals surface area contributed by atoms with Gasteiger partial charge in [-0.2, -0.15) is 0 Å². The molecule has 6 heteroatoms. The second-order valence-electron chi connectivity index (χ2n) is 6.64. The van der Waals surface area contributed by atoms with E-state index in [1.165, 1.54) is 6.92 Å². The van der Waals surface area contributed by atoms with Crippen molar-refractivity contribution >= 4 is 11.9 Å². The number of carboxylic acid groups (broad SMARTS) is 1. The molecule has 0 aliphatic carbocycles. The lowest BCUT2D eigenvalue weighted by Gasteiger charge is -2.32. The van der Waals surface area contributed by atoms with Crippen molar-refractivity contribution in [3.8, 4) is 0 Å². The maximum atomic E-state index is 11.5. The average molecular weight is 311 g/mol. The first-order valence-electron chi connectivity index (χ1n) is 7.81. The third-order valence-electron chi connectivity index (χ3n) is 3.97. The Morgan fingerprint density at radius 1 is 1.45 bits per heavy atom. The normalized spacial score (nSPS) is 26.2. The summed E-state index contributed by atoms with van der Waals surface area (Å²) in [5, 5.41) is 15.3. The Morgan fingerprint density at radius 2 is 2.09 bits per heavy atom. The van der Waals surface area contributed by atoms with Crippen LogP contribution < -0.4 is 10.6 Å². The van der Waals surface area contributed by atoms with Crippen LogP contribution in [0.15, 0.2) is 12.7 Å². The van der Waals surface area contributed by atoms with E-state index in [0.717, 1.165) is 6.54 Å². The highest BCUT2D eigenvalue weighted by atomic mass is 16.4. The van der Waals surface area contributed by atoms with Gasteiger partial charge in [0.1, 0.15) is 6.04 Å². The molecule has 1 heterocycles. The predicted molar refractivity (Wildman–Crippen MR) is 86.6 cm³/mol. The van der Waals surface area contributed by atoms with E-state index >= 15 is 0 Å². The molecule has 0 radical (unpaired) electrons. The molecule has 0 aromatic rings. The van der Waals surface area contributed by atoms with Crippen LogP contribution in [-0.4, -0.2) is 60.1 Å². The number of hydrogen-bond acceptors (Lipinski definition) is 4. The van der Waals surface area contributed by atoms with Crippen molar-refractivity contribution in [1.29, 1.82) is 0 Å². The molecular formula is C16H29N3O3. The molecule has 3 N–H and O–H groups in total. The molecule has 1 fully saturated rings. The number of carboxylic acids is 1. The fourth-order valence-corrected chi connectivity index (χ4v) is 3.22. The monoisotopic (exact) mass is 311 g/mol. The molecule has 1 unspecified atom stereocenters. The van der Waals surface area contributed by atoms with Gasteiger partial charge in [0.15, 0.2) is 0 Å². The summed E-state index contributed by atoms with van der Waals surface area (Å²) >= 11 is 0. The van der Waals surface area contributed by atoms with Crippen LogP contribution in [0.5, 0.6) is 0 Å². The summed E-state index contributed by atoms with van der Waals surface area (Å²) < 4.78 is 0. The first kappa shape index (κ1) is 18.6. The molecule has 126 valence electrons. The summed E-state index contributed by atoms with van der Waals surface area (Å²) in [6, 6.07) is -0.842. The van der Waals surface area contributed by atoms with Crippen LogP contribution in [0.1, 0.15) is 27.2 Å². The van der Waals surface area contributed by atoms with Gasteiger partial charge in [0.05, 0.1) is 6.04 Å². The molecular weight excluding hydrogens is 282 g/mol. The Morgan fingerprint density at radius 3 is 2.55 bits per heavy atom. The van der Waals surface area contributed by atoms with E-state index in [1.54, 1.807) is 6.08 Å². The Balaban J connectivity index is 2.83. The van der Waals surface area contributed by atoms with Crippen LogP contribution in [0.4, 0.5) is 0 Å². The number of nitrogens with zero attached hydrogens (tertiary/aromatic N) is 1. The van der Waals surface area contributed by atoms with Gasteiger partial charge < -0.3 is 15.3 Å². The molecule has 1 aliphatic rings. The van der Waals surface area contributed by atoms with E-state index in [1.807, 2.05) is 7.05 Å². The van der Waals surface area contributed by atoms with Gasteiger partial charge in [0, 0.05) is 26.1 Å². The molecule has 0 saturated carbocycles. The van der Waals surface area contributed by atoms with Gasteiger partial charge in [0.25, 0.3) is 0 Å². The Labute approximate surface area is 132 Å². The molecule has 22 heavy (non-hydrogen) atoms. The minimum Gasteiger partial charge on any atom is -0.480 e. The highest BCUT2D eigenvalue weighted by molar-refractivity contribution is 5.75. The Bertz CT molecular complexity index is 411. The number of nitrogens with one attached hydrogen (secondary N) is 2. The zero-order valence-corrected chi connectivity index (χ0v) is 14.0. The molecule has 1 rings (SSSR count). The lowest BCUT2D eigenvalue weighted by Crippen LogP contribution is -2.55. The molecule has 0 bridgehead atoms. The number of likely N-dealkylation sites (N-methyl/N-ethyl adjacent to an activating group) is 1. The van der Waals surface area contributed by atoms with E-state index in [2.05, 4.69) is 36.0 Å². The highest BCUT2D eigenvalue weighted by Gasteiger charge is 2.40.